The molecule has 0 saturated heterocycles. The summed E-state index contributed by atoms with van der Waals surface area (Å²) in [7, 11) is 0. The van der Waals surface area contributed by atoms with Crippen LogP contribution in [0.5, 0.6) is 5.75 Å². The van der Waals surface area contributed by atoms with Crippen molar-refractivity contribution >= 4 is 22.8 Å². The van der Waals surface area contributed by atoms with Gasteiger partial charge in [-0.1, -0.05) is 30.3 Å². The van der Waals surface area contributed by atoms with Gasteiger partial charge in [-0.05, 0) is 49.6 Å². The Hall–Kier alpha value is -3.48. The van der Waals surface area contributed by atoms with Gasteiger partial charge < -0.3 is 26.1 Å². The molecule has 5 N–H and O–H groups in total. The van der Waals surface area contributed by atoms with E-state index in [2.05, 4.69) is 45.7 Å². The molecular formula is C23H29N5O2. The Labute approximate surface area is 176 Å². The molecule has 0 aliphatic carbocycles. The van der Waals surface area contributed by atoms with Gasteiger partial charge in [0.2, 0.25) is 0 Å². The van der Waals surface area contributed by atoms with Crippen molar-refractivity contribution in [1.82, 2.24) is 15.6 Å². The monoisotopic (exact) mass is 407 g/mol. The number of aromatic nitrogens is 1. The Morgan fingerprint density at radius 3 is 2.80 bits per heavy atom. The van der Waals surface area contributed by atoms with Crippen molar-refractivity contribution < 1.29 is 9.53 Å². The number of aliphatic imine (C=N–C) groups is 1. The number of carbonyl (C=O) groups is 1. The molecule has 0 spiro atoms. The van der Waals surface area contributed by atoms with E-state index < -0.39 is 5.91 Å². The highest BCUT2D eigenvalue weighted by molar-refractivity contribution is 5.85. The Morgan fingerprint density at radius 2 is 2.00 bits per heavy atom. The molecule has 3 aromatic rings. The first kappa shape index (κ1) is 21.2. The minimum atomic E-state index is -0.498. The first-order valence-corrected chi connectivity index (χ1v) is 10.1. The third-order valence-corrected chi connectivity index (χ3v) is 4.74. The molecule has 1 heterocycles. The van der Waals surface area contributed by atoms with Crippen LogP contribution in [0.4, 0.5) is 0 Å². The van der Waals surface area contributed by atoms with Crippen LogP contribution in [0.3, 0.4) is 0 Å². The van der Waals surface area contributed by atoms with Crippen LogP contribution >= 0.6 is 0 Å². The van der Waals surface area contributed by atoms with Gasteiger partial charge in [0.15, 0.2) is 12.6 Å². The number of nitrogens with one attached hydrogen (secondary N) is 3. The van der Waals surface area contributed by atoms with E-state index >= 15 is 0 Å². The fourth-order valence-electron chi connectivity index (χ4n) is 3.36. The third kappa shape index (κ3) is 5.76. The van der Waals surface area contributed by atoms with Crippen molar-refractivity contribution in [2.45, 2.75) is 26.8 Å². The van der Waals surface area contributed by atoms with Crippen molar-refractivity contribution in [2.75, 3.05) is 19.7 Å². The Morgan fingerprint density at radius 1 is 1.17 bits per heavy atom. The Kier molecular flexibility index (Phi) is 7.32. The summed E-state index contributed by atoms with van der Waals surface area (Å²) in [6.07, 6.45) is 0.900. The number of nitrogens with two attached hydrogens (primary N) is 1. The summed E-state index contributed by atoms with van der Waals surface area (Å²) >= 11 is 0. The standard InChI is InChI=1S/C23H29N5O2/c1-3-25-23(27-14-17-7-6-8-18(13-17)30-15-22(24)29)26-12-11-19-16(2)28-21-10-5-4-9-20(19)21/h4-10,13,28H,3,11-12,14-15H2,1-2H3,(H2,24,29)(H2,25,26,27). The maximum atomic E-state index is 10.9. The van der Waals surface area contributed by atoms with Crippen LogP contribution in [0.2, 0.25) is 0 Å². The van der Waals surface area contributed by atoms with Gasteiger partial charge in [-0.3, -0.25) is 4.79 Å². The van der Waals surface area contributed by atoms with Crippen molar-refractivity contribution in [2.24, 2.45) is 10.7 Å². The topological polar surface area (TPSA) is 105 Å². The minimum Gasteiger partial charge on any atom is -0.484 e. The van der Waals surface area contributed by atoms with Crippen molar-refractivity contribution in [3.05, 3.63) is 65.4 Å². The molecule has 2 aromatic carbocycles. The second-order valence-corrected chi connectivity index (χ2v) is 7.05. The van der Waals surface area contributed by atoms with E-state index in [1.165, 1.54) is 22.2 Å². The molecule has 7 nitrogen and oxygen atoms in total. The molecule has 3 rings (SSSR count). The molecular weight excluding hydrogens is 378 g/mol. The molecule has 0 aliphatic heterocycles. The second-order valence-electron chi connectivity index (χ2n) is 7.05. The number of H-pyrrole nitrogens is 1. The van der Waals surface area contributed by atoms with Crippen LogP contribution in [0.25, 0.3) is 10.9 Å². The van der Waals surface area contributed by atoms with E-state index in [0.717, 1.165) is 31.0 Å². The molecule has 0 fully saturated rings. The summed E-state index contributed by atoms with van der Waals surface area (Å²) in [6.45, 7) is 6.07. The van der Waals surface area contributed by atoms with Gasteiger partial charge in [-0.15, -0.1) is 0 Å². The number of aryl methyl sites for hydroxylation is 1. The molecule has 0 atom stereocenters. The lowest BCUT2D eigenvalue weighted by Gasteiger charge is -2.12. The molecule has 7 heteroatoms. The molecule has 0 saturated carbocycles. The van der Waals surface area contributed by atoms with Gasteiger partial charge in [0.05, 0.1) is 6.54 Å². The Balaban J connectivity index is 1.60. The highest BCUT2D eigenvalue weighted by Crippen LogP contribution is 2.21. The number of fused-ring (bicyclic) bond motifs is 1. The number of amides is 1. The maximum Gasteiger partial charge on any atom is 0.255 e. The quantitative estimate of drug-likeness (QED) is 0.323. The summed E-state index contributed by atoms with van der Waals surface area (Å²) < 4.78 is 5.36. The molecule has 0 unspecified atom stereocenters. The van der Waals surface area contributed by atoms with Crippen LogP contribution in [0.15, 0.2) is 53.5 Å². The van der Waals surface area contributed by atoms with E-state index in [4.69, 9.17) is 10.5 Å². The lowest BCUT2D eigenvalue weighted by molar-refractivity contribution is -0.119. The molecule has 30 heavy (non-hydrogen) atoms. The van der Waals surface area contributed by atoms with Crippen molar-refractivity contribution in [3.63, 3.8) is 0 Å². The average molecular weight is 408 g/mol. The maximum absolute atomic E-state index is 10.9. The average Bonchev–Trinajstić information content (AvgIpc) is 3.06. The fraction of sp³-hybridized carbons (Fsp3) is 0.304. The number of para-hydroxylation sites is 1. The van der Waals surface area contributed by atoms with Gasteiger partial charge in [0.25, 0.3) is 5.91 Å². The van der Waals surface area contributed by atoms with Crippen LogP contribution in [-0.4, -0.2) is 36.5 Å². The molecule has 1 amide bonds. The van der Waals surface area contributed by atoms with Gasteiger partial charge in [-0.2, -0.15) is 0 Å². The van der Waals surface area contributed by atoms with Gasteiger partial charge in [-0.25, -0.2) is 4.99 Å². The predicted molar refractivity (Wildman–Crippen MR) is 121 cm³/mol. The summed E-state index contributed by atoms with van der Waals surface area (Å²) in [5.41, 5.74) is 9.81. The summed E-state index contributed by atoms with van der Waals surface area (Å²) in [6, 6.07) is 15.9. The van der Waals surface area contributed by atoms with E-state index in [1.54, 1.807) is 6.07 Å². The lowest BCUT2D eigenvalue weighted by Crippen LogP contribution is -2.38. The number of primary amides is 1. The molecule has 0 radical (unpaired) electrons. The number of nitrogens with zero attached hydrogens (tertiary/aromatic N) is 1. The Bertz CT molecular complexity index is 1030. The highest BCUT2D eigenvalue weighted by Gasteiger charge is 2.08. The molecule has 0 aliphatic rings. The smallest absolute Gasteiger partial charge is 0.255 e. The molecule has 1 aromatic heterocycles. The molecule has 158 valence electrons. The van der Waals surface area contributed by atoms with E-state index in [9.17, 15) is 4.79 Å². The predicted octanol–water partition coefficient (Wildman–Crippen LogP) is 2.64. The van der Waals surface area contributed by atoms with Crippen LogP contribution in [0.1, 0.15) is 23.7 Å². The number of hydrogen-bond acceptors (Lipinski definition) is 3. The summed E-state index contributed by atoms with van der Waals surface area (Å²) in [5.74, 6) is 0.871. The molecule has 0 bridgehead atoms. The van der Waals surface area contributed by atoms with E-state index in [1.807, 2.05) is 31.2 Å². The van der Waals surface area contributed by atoms with Crippen molar-refractivity contribution in [1.29, 1.82) is 0 Å². The zero-order chi connectivity index (χ0) is 21.3. The lowest BCUT2D eigenvalue weighted by atomic mass is 10.1. The number of ether oxygens (including phenoxy) is 1. The van der Waals surface area contributed by atoms with E-state index in [0.29, 0.717) is 12.3 Å². The normalized spacial score (nSPS) is 11.5. The zero-order valence-corrected chi connectivity index (χ0v) is 17.5. The number of carbonyl (C=O) groups excluding carboxylic acids is 1. The highest BCUT2D eigenvalue weighted by atomic mass is 16.5. The number of aromatic amines is 1. The van der Waals surface area contributed by atoms with Crippen LogP contribution in [0, 0.1) is 6.92 Å². The SMILES string of the molecule is CCNC(=NCc1cccc(OCC(N)=O)c1)NCCc1c(C)[nH]c2ccccc12. The van der Waals surface area contributed by atoms with Crippen LogP contribution in [-0.2, 0) is 17.8 Å². The number of guanidine groups is 1. The van der Waals surface area contributed by atoms with E-state index in [-0.39, 0.29) is 6.61 Å². The number of rotatable bonds is 9. The largest absolute Gasteiger partial charge is 0.484 e. The minimum absolute atomic E-state index is 0.135. The van der Waals surface area contributed by atoms with Gasteiger partial charge in [0, 0.05) is 29.7 Å². The summed E-state index contributed by atoms with van der Waals surface area (Å²) in [4.78, 5) is 19.0. The fourth-order valence-corrected chi connectivity index (χ4v) is 3.36. The van der Waals surface area contributed by atoms with Crippen molar-refractivity contribution in [3.8, 4) is 5.75 Å². The van der Waals surface area contributed by atoms with Gasteiger partial charge >= 0.3 is 0 Å². The van der Waals surface area contributed by atoms with Crippen LogP contribution < -0.4 is 21.1 Å². The first-order chi connectivity index (χ1) is 14.6. The van der Waals surface area contributed by atoms with Gasteiger partial charge in [0.1, 0.15) is 5.75 Å². The number of hydrogen-bond donors (Lipinski definition) is 4. The third-order valence-electron chi connectivity index (χ3n) is 4.74. The zero-order valence-electron chi connectivity index (χ0n) is 17.5. The number of benzene rings is 2. The first-order valence-electron chi connectivity index (χ1n) is 10.1. The second kappa shape index (κ2) is 10.3. The summed E-state index contributed by atoms with van der Waals surface area (Å²) in [5, 5.41) is 7.96.